The molecular formula is C8H12O2. The molecule has 0 amide bonds. The van der Waals surface area contributed by atoms with Crippen LogP contribution in [0.4, 0.5) is 0 Å². The first kappa shape index (κ1) is 5.56. The number of rotatable bonds is 0. The molecule has 0 radical (unpaired) electrons. The molecule has 2 N–H and O–H groups in total. The molecule has 4 aliphatic carbocycles. The van der Waals surface area contributed by atoms with Gasteiger partial charge in [0, 0.05) is 0 Å². The normalized spacial score (nSPS) is 70.2. The lowest BCUT2D eigenvalue weighted by molar-refractivity contribution is 0.0351. The van der Waals surface area contributed by atoms with Crippen molar-refractivity contribution >= 4 is 0 Å². The average molecular weight is 140 g/mol. The van der Waals surface area contributed by atoms with Crippen LogP contribution >= 0.6 is 0 Å². The molecule has 0 aromatic heterocycles. The highest BCUT2D eigenvalue weighted by Gasteiger charge is 2.64. The van der Waals surface area contributed by atoms with Gasteiger partial charge in [-0.2, -0.15) is 0 Å². The van der Waals surface area contributed by atoms with Crippen molar-refractivity contribution in [1.29, 1.82) is 0 Å². The zero-order valence-electron chi connectivity index (χ0n) is 5.77. The number of hydrogen-bond donors (Lipinski definition) is 2. The predicted molar refractivity (Wildman–Crippen MR) is 35.2 cm³/mol. The smallest absolute Gasteiger partial charge is 0.0604 e. The van der Waals surface area contributed by atoms with Crippen LogP contribution in [0.2, 0.25) is 0 Å². The average Bonchev–Trinajstić information content (AvgIpc) is 2.55. The molecule has 0 aliphatic heterocycles. The summed E-state index contributed by atoms with van der Waals surface area (Å²) in [5, 5.41) is 19.1. The zero-order chi connectivity index (χ0) is 6.88. The van der Waals surface area contributed by atoms with Crippen LogP contribution in [-0.2, 0) is 0 Å². The third kappa shape index (κ3) is 0.372. The summed E-state index contributed by atoms with van der Waals surface area (Å²) in [5.74, 6) is 1.85. The van der Waals surface area contributed by atoms with E-state index >= 15 is 0 Å². The molecule has 4 rings (SSSR count). The van der Waals surface area contributed by atoms with Gasteiger partial charge in [0.25, 0.3) is 0 Å². The van der Waals surface area contributed by atoms with Crippen LogP contribution in [0.15, 0.2) is 0 Å². The van der Waals surface area contributed by atoms with Crippen molar-refractivity contribution in [2.75, 3.05) is 0 Å². The largest absolute Gasteiger partial charge is 0.393 e. The van der Waals surface area contributed by atoms with Gasteiger partial charge >= 0.3 is 0 Å². The van der Waals surface area contributed by atoms with E-state index in [9.17, 15) is 10.2 Å². The quantitative estimate of drug-likeness (QED) is 0.497. The molecule has 0 spiro atoms. The van der Waals surface area contributed by atoms with Crippen LogP contribution in [0.25, 0.3) is 0 Å². The van der Waals surface area contributed by atoms with Crippen LogP contribution in [0.5, 0.6) is 0 Å². The fourth-order valence-corrected chi connectivity index (χ4v) is 3.53. The molecule has 0 aromatic carbocycles. The Morgan fingerprint density at radius 3 is 1.20 bits per heavy atom. The Balaban J connectivity index is 2.05. The summed E-state index contributed by atoms with van der Waals surface area (Å²) in [7, 11) is 0. The van der Waals surface area contributed by atoms with Crippen molar-refractivity contribution in [3.63, 3.8) is 0 Å². The predicted octanol–water partition coefficient (Wildman–Crippen LogP) is -0.00600. The van der Waals surface area contributed by atoms with E-state index in [0.29, 0.717) is 23.7 Å². The lowest BCUT2D eigenvalue weighted by atomic mass is 9.95. The zero-order valence-corrected chi connectivity index (χ0v) is 5.77. The molecule has 0 heterocycles. The van der Waals surface area contributed by atoms with E-state index in [2.05, 4.69) is 0 Å². The van der Waals surface area contributed by atoms with Gasteiger partial charge in [0.1, 0.15) is 0 Å². The molecule has 0 saturated heterocycles. The van der Waals surface area contributed by atoms with E-state index in [1.165, 1.54) is 0 Å². The molecule has 4 aliphatic rings. The molecule has 4 fully saturated rings. The molecule has 4 bridgehead atoms. The SMILES string of the molecule is OC1[C@H]2C[C@@H]3C(O)[C@H]2C[C@H]13. The summed E-state index contributed by atoms with van der Waals surface area (Å²) in [6, 6.07) is 0. The summed E-state index contributed by atoms with van der Waals surface area (Å²) < 4.78 is 0. The second-order valence-electron chi connectivity index (χ2n) is 4.11. The maximum atomic E-state index is 9.54. The van der Waals surface area contributed by atoms with Gasteiger partial charge in [0.15, 0.2) is 0 Å². The highest BCUT2D eigenvalue weighted by Crippen LogP contribution is 2.62. The van der Waals surface area contributed by atoms with E-state index in [-0.39, 0.29) is 12.2 Å². The van der Waals surface area contributed by atoms with E-state index in [1.807, 2.05) is 0 Å². The molecule has 4 atom stereocenters. The van der Waals surface area contributed by atoms with Crippen LogP contribution in [-0.4, -0.2) is 22.4 Å². The number of aliphatic hydroxyl groups is 2. The Morgan fingerprint density at radius 2 is 1.00 bits per heavy atom. The summed E-state index contributed by atoms with van der Waals surface area (Å²) in [6.07, 6.45) is 2.08. The Kier molecular flexibility index (Phi) is 0.783. The van der Waals surface area contributed by atoms with Crippen molar-refractivity contribution in [2.45, 2.75) is 25.0 Å². The van der Waals surface area contributed by atoms with Crippen LogP contribution in [0, 0.1) is 23.7 Å². The molecule has 0 aromatic rings. The molecule has 10 heavy (non-hydrogen) atoms. The van der Waals surface area contributed by atoms with Crippen molar-refractivity contribution in [2.24, 2.45) is 23.7 Å². The summed E-state index contributed by atoms with van der Waals surface area (Å²) in [5.41, 5.74) is 0. The maximum absolute atomic E-state index is 9.54. The minimum atomic E-state index is -0.0570. The Hall–Kier alpha value is -0.0800. The third-order valence-electron chi connectivity index (χ3n) is 3.94. The second kappa shape index (κ2) is 1.41. The fraction of sp³-hybridized carbons (Fsp3) is 1.00. The highest BCUT2D eigenvalue weighted by molar-refractivity contribution is 5.13. The minimum Gasteiger partial charge on any atom is -0.393 e. The van der Waals surface area contributed by atoms with Gasteiger partial charge in [-0.05, 0) is 36.5 Å². The van der Waals surface area contributed by atoms with Crippen molar-refractivity contribution in [1.82, 2.24) is 0 Å². The number of hydrogen-bond acceptors (Lipinski definition) is 2. The lowest BCUT2D eigenvalue weighted by Gasteiger charge is -2.19. The summed E-state index contributed by atoms with van der Waals surface area (Å²) in [4.78, 5) is 0. The highest BCUT2D eigenvalue weighted by atomic mass is 16.3. The monoisotopic (exact) mass is 140 g/mol. The Bertz CT molecular complexity index is 144. The number of aliphatic hydroxyl groups excluding tert-OH is 2. The molecule has 4 saturated carbocycles. The van der Waals surface area contributed by atoms with Crippen molar-refractivity contribution < 1.29 is 10.2 Å². The standard InChI is InChI=1S/C8H12O2/c9-7-3-1-4-6(7)2-5(3)8(4)10/h3-10H,1-2H2/t3-,4-,5-,6-,7?,8?/m0/s1. The van der Waals surface area contributed by atoms with Gasteiger partial charge in [-0.3, -0.25) is 0 Å². The van der Waals surface area contributed by atoms with E-state index in [1.54, 1.807) is 0 Å². The van der Waals surface area contributed by atoms with Gasteiger partial charge in [0.05, 0.1) is 12.2 Å². The molecule has 2 nitrogen and oxygen atoms in total. The van der Waals surface area contributed by atoms with E-state index in [0.717, 1.165) is 12.8 Å². The van der Waals surface area contributed by atoms with Crippen LogP contribution in [0.1, 0.15) is 12.8 Å². The molecular weight excluding hydrogens is 128 g/mol. The lowest BCUT2D eigenvalue weighted by Crippen LogP contribution is -2.27. The molecule has 2 heteroatoms. The second-order valence-corrected chi connectivity index (χ2v) is 4.11. The fourth-order valence-electron chi connectivity index (χ4n) is 3.53. The van der Waals surface area contributed by atoms with Crippen molar-refractivity contribution in [3.8, 4) is 0 Å². The summed E-state index contributed by atoms with van der Waals surface area (Å²) >= 11 is 0. The van der Waals surface area contributed by atoms with Gasteiger partial charge in [-0.15, -0.1) is 0 Å². The van der Waals surface area contributed by atoms with Gasteiger partial charge in [-0.25, -0.2) is 0 Å². The Morgan fingerprint density at radius 1 is 0.700 bits per heavy atom. The first-order chi connectivity index (χ1) is 4.79. The first-order valence-electron chi connectivity index (χ1n) is 4.15. The van der Waals surface area contributed by atoms with E-state index < -0.39 is 0 Å². The molecule has 56 valence electrons. The maximum Gasteiger partial charge on any atom is 0.0604 e. The topological polar surface area (TPSA) is 40.5 Å². The Labute approximate surface area is 59.9 Å². The van der Waals surface area contributed by atoms with Crippen molar-refractivity contribution in [3.05, 3.63) is 0 Å². The van der Waals surface area contributed by atoms with E-state index in [4.69, 9.17) is 0 Å². The van der Waals surface area contributed by atoms with Crippen LogP contribution in [0.3, 0.4) is 0 Å². The minimum absolute atomic E-state index is 0.0570. The molecule has 0 unspecified atom stereocenters. The van der Waals surface area contributed by atoms with Gasteiger partial charge < -0.3 is 10.2 Å². The van der Waals surface area contributed by atoms with Gasteiger partial charge in [-0.1, -0.05) is 0 Å². The summed E-state index contributed by atoms with van der Waals surface area (Å²) in [6.45, 7) is 0. The first-order valence-corrected chi connectivity index (χ1v) is 4.15. The van der Waals surface area contributed by atoms with Gasteiger partial charge in [0.2, 0.25) is 0 Å². The third-order valence-corrected chi connectivity index (χ3v) is 3.94. The van der Waals surface area contributed by atoms with Crippen LogP contribution < -0.4 is 0 Å².